The van der Waals surface area contributed by atoms with E-state index in [4.69, 9.17) is 39.5 Å². The van der Waals surface area contributed by atoms with Crippen molar-refractivity contribution < 1.29 is 9.53 Å². The zero-order valence-electron chi connectivity index (χ0n) is 16.5. The van der Waals surface area contributed by atoms with Gasteiger partial charge in [0.15, 0.2) is 0 Å². The van der Waals surface area contributed by atoms with Crippen molar-refractivity contribution in [1.82, 2.24) is 0 Å². The molecule has 7 heteroatoms. The summed E-state index contributed by atoms with van der Waals surface area (Å²) in [5.41, 5.74) is 2.72. The van der Waals surface area contributed by atoms with Gasteiger partial charge in [-0.15, -0.1) is 0 Å². The Bertz CT molecular complexity index is 1160. The summed E-state index contributed by atoms with van der Waals surface area (Å²) in [5.74, 6) is -0.0682. The molecule has 0 heterocycles. The minimum Gasteiger partial charge on any atom is -0.487 e. The van der Waals surface area contributed by atoms with E-state index in [9.17, 15) is 10.1 Å². The lowest BCUT2D eigenvalue weighted by molar-refractivity contribution is -0.112. The second-order valence-corrected chi connectivity index (χ2v) is 7.91. The van der Waals surface area contributed by atoms with Gasteiger partial charge in [-0.25, -0.2) is 0 Å². The van der Waals surface area contributed by atoms with Gasteiger partial charge < -0.3 is 10.1 Å². The van der Waals surface area contributed by atoms with Crippen LogP contribution in [0.2, 0.25) is 15.1 Å². The molecule has 0 bridgehead atoms. The number of hydrogen-bond acceptors (Lipinski definition) is 3. The van der Waals surface area contributed by atoms with Gasteiger partial charge in [0.2, 0.25) is 0 Å². The molecule has 0 aliphatic carbocycles. The fourth-order valence-corrected chi connectivity index (χ4v) is 3.39. The van der Waals surface area contributed by atoms with Crippen molar-refractivity contribution in [3.63, 3.8) is 0 Å². The van der Waals surface area contributed by atoms with Crippen LogP contribution in [-0.2, 0) is 11.4 Å². The van der Waals surface area contributed by atoms with E-state index in [0.717, 1.165) is 11.1 Å². The molecule has 1 N–H and O–H groups in total. The third-order valence-electron chi connectivity index (χ3n) is 4.40. The van der Waals surface area contributed by atoms with E-state index < -0.39 is 5.91 Å². The zero-order chi connectivity index (χ0) is 22.4. The third kappa shape index (κ3) is 6.02. The summed E-state index contributed by atoms with van der Waals surface area (Å²) in [6.07, 6.45) is 1.45. The predicted molar refractivity (Wildman–Crippen MR) is 126 cm³/mol. The van der Waals surface area contributed by atoms with Crippen LogP contribution in [0, 0.1) is 18.3 Å². The van der Waals surface area contributed by atoms with Crippen LogP contribution in [0.4, 0.5) is 5.69 Å². The molecule has 3 aromatic carbocycles. The maximum Gasteiger partial charge on any atom is 0.266 e. The number of benzene rings is 3. The number of aryl methyl sites for hydroxylation is 1. The number of nitriles is 1. The lowest BCUT2D eigenvalue weighted by Gasteiger charge is -2.10. The molecule has 3 rings (SSSR count). The van der Waals surface area contributed by atoms with E-state index in [1.807, 2.05) is 31.2 Å². The number of ether oxygens (including phenoxy) is 1. The molecule has 0 aromatic heterocycles. The largest absolute Gasteiger partial charge is 0.487 e. The highest BCUT2D eigenvalue weighted by molar-refractivity contribution is 6.34. The van der Waals surface area contributed by atoms with Crippen molar-refractivity contribution in [2.45, 2.75) is 13.5 Å². The van der Waals surface area contributed by atoms with Gasteiger partial charge in [0.25, 0.3) is 5.91 Å². The Balaban J connectivity index is 1.73. The van der Waals surface area contributed by atoms with Crippen molar-refractivity contribution >= 4 is 52.5 Å². The maximum absolute atomic E-state index is 12.6. The molecule has 4 nitrogen and oxygen atoms in total. The second kappa shape index (κ2) is 10.4. The maximum atomic E-state index is 12.6. The lowest BCUT2D eigenvalue weighted by atomic mass is 10.1. The van der Waals surface area contributed by atoms with Crippen molar-refractivity contribution in [3.05, 3.63) is 98.0 Å². The van der Waals surface area contributed by atoms with Crippen molar-refractivity contribution in [2.75, 3.05) is 5.32 Å². The summed E-state index contributed by atoms with van der Waals surface area (Å²) in [7, 11) is 0. The monoisotopic (exact) mass is 470 g/mol. The SMILES string of the molecule is Cc1cccc(Cl)c1NC(=O)/C(C#N)=C/c1ccc(OCc2ccc(Cl)cc2)c(Cl)c1. The number of nitrogens with one attached hydrogen (secondary N) is 1. The lowest BCUT2D eigenvalue weighted by Crippen LogP contribution is -2.14. The van der Waals surface area contributed by atoms with Crippen LogP contribution in [0.5, 0.6) is 5.75 Å². The number of carbonyl (C=O) groups is 1. The van der Waals surface area contributed by atoms with Crippen LogP contribution < -0.4 is 10.1 Å². The summed E-state index contributed by atoms with van der Waals surface area (Å²) >= 11 is 18.4. The Morgan fingerprint density at radius 3 is 2.45 bits per heavy atom. The molecule has 0 unspecified atom stereocenters. The van der Waals surface area contributed by atoms with Gasteiger partial charge >= 0.3 is 0 Å². The van der Waals surface area contributed by atoms with Crippen LogP contribution in [0.15, 0.2) is 66.2 Å². The van der Waals surface area contributed by atoms with Crippen molar-refractivity contribution in [3.8, 4) is 11.8 Å². The number of para-hydroxylation sites is 1. The topological polar surface area (TPSA) is 62.1 Å². The third-order valence-corrected chi connectivity index (χ3v) is 5.26. The highest BCUT2D eigenvalue weighted by atomic mass is 35.5. The van der Waals surface area contributed by atoms with Gasteiger partial charge in [-0.05, 0) is 60.0 Å². The summed E-state index contributed by atoms with van der Waals surface area (Å²) in [6.45, 7) is 2.15. The van der Waals surface area contributed by atoms with Crippen LogP contribution >= 0.6 is 34.8 Å². The first-order valence-electron chi connectivity index (χ1n) is 9.22. The Hall–Kier alpha value is -2.97. The molecule has 31 heavy (non-hydrogen) atoms. The van der Waals surface area contributed by atoms with Crippen molar-refractivity contribution in [2.24, 2.45) is 0 Å². The summed E-state index contributed by atoms with van der Waals surface area (Å²) in [6, 6.07) is 19.5. The Labute approximate surface area is 195 Å². The Morgan fingerprint density at radius 1 is 1.06 bits per heavy atom. The summed E-state index contributed by atoms with van der Waals surface area (Å²) < 4.78 is 5.75. The van der Waals surface area contributed by atoms with Crippen molar-refractivity contribution in [1.29, 1.82) is 5.26 Å². The molecule has 0 atom stereocenters. The summed E-state index contributed by atoms with van der Waals surface area (Å²) in [5, 5.41) is 13.6. The molecule has 0 saturated heterocycles. The van der Waals surface area contributed by atoms with Gasteiger partial charge in [0.05, 0.1) is 15.7 Å². The van der Waals surface area contributed by atoms with Gasteiger partial charge in [-0.3, -0.25) is 4.79 Å². The number of halogens is 3. The predicted octanol–water partition coefficient (Wildman–Crippen LogP) is 7.08. The van der Waals surface area contributed by atoms with Gasteiger partial charge in [0, 0.05) is 5.02 Å². The molecule has 0 aliphatic rings. The van der Waals surface area contributed by atoms with Gasteiger partial charge in [-0.1, -0.05) is 65.1 Å². The fraction of sp³-hybridized carbons (Fsp3) is 0.0833. The number of amides is 1. The number of anilines is 1. The van der Waals surface area contributed by atoms with E-state index >= 15 is 0 Å². The smallest absolute Gasteiger partial charge is 0.266 e. The van der Waals surface area contributed by atoms with E-state index in [1.54, 1.807) is 42.5 Å². The normalized spacial score (nSPS) is 11.0. The highest BCUT2D eigenvalue weighted by Crippen LogP contribution is 2.28. The number of carbonyl (C=O) groups excluding carboxylic acids is 1. The molecular formula is C24H17Cl3N2O2. The number of rotatable bonds is 6. The van der Waals surface area contributed by atoms with Crippen LogP contribution in [0.25, 0.3) is 6.08 Å². The molecule has 0 saturated carbocycles. The minimum absolute atomic E-state index is 0.0785. The number of nitrogens with zero attached hydrogens (tertiary/aromatic N) is 1. The zero-order valence-corrected chi connectivity index (χ0v) is 18.7. The van der Waals surface area contributed by atoms with E-state index in [2.05, 4.69) is 5.32 Å². The first-order chi connectivity index (χ1) is 14.9. The van der Waals surface area contributed by atoms with E-state index in [0.29, 0.717) is 38.7 Å². The Kier molecular flexibility index (Phi) is 7.59. The molecule has 1 amide bonds. The standard InChI is InChI=1S/C24H17Cl3N2O2/c1-15-3-2-4-20(26)23(15)29-24(30)18(13-28)11-17-7-10-22(21(27)12-17)31-14-16-5-8-19(25)9-6-16/h2-12H,14H2,1H3,(H,29,30)/b18-11+. The molecule has 0 aliphatic heterocycles. The molecule has 3 aromatic rings. The van der Waals surface area contributed by atoms with Crippen LogP contribution in [-0.4, -0.2) is 5.91 Å². The minimum atomic E-state index is -0.558. The van der Waals surface area contributed by atoms with E-state index in [-0.39, 0.29) is 5.57 Å². The average molecular weight is 472 g/mol. The van der Waals surface area contributed by atoms with E-state index in [1.165, 1.54) is 6.08 Å². The molecule has 0 radical (unpaired) electrons. The molecule has 0 fully saturated rings. The average Bonchev–Trinajstić information content (AvgIpc) is 2.75. The van der Waals surface area contributed by atoms with Gasteiger partial charge in [-0.2, -0.15) is 5.26 Å². The van der Waals surface area contributed by atoms with Crippen LogP contribution in [0.3, 0.4) is 0 Å². The first-order valence-corrected chi connectivity index (χ1v) is 10.4. The molecule has 0 spiro atoms. The van der Waals surface area contributed by atoms with Gasteiger partial charge in [0.1, 0.15) is 24.0 Å². The highest BCUT2D eigenvalue weighted by Gasteiger charge is 2.13. The molecular weight excluding hydrogens is 455 g/mol. The summed E-state index contributed by atoms with van der Waals surface area (Å²) in [4.78, 5) is 12.6. The quantitative estimate of drug-likeness (QED) is 0.308. The van der Waals surface area contributed by atoms with Crippen LogP contribution in [0.1, 0.15) is 16.7 Å². The second-order valence-electron chi connectivity index (χ2n) is 6.66. The molecule has 156 valence electrons. The fourth-order valence-electron chi connectivity index (χ4n) is 2.75. The first kappa shape index (κ1) is 22.7. The Morgan fingerprint density at radius 2 is 1.81 bits per heavy atom. The number of hydrogen-bond donors (Lipinski definition) is 1.